The summed E-state index contributed by atoms with van der Waals surface area (Å²) < 4.78 is 15.9. The fourth-order valence-electron chi connectivity index (χ4n) is 3.84. The monoisotopic (exact) mass is 446 g/mol. The molecule has 0 aliphatic carbocycles. The van der Waals surface area contributed by atoms with E-state index >= 15 is 0 Å². The van der Waals surface area contributed by atoms with Crippen LogP contribution in [0.15, 0.2) is 54.9 Å². The van der Waals surface area contributed by atoms with Gasteiger partial charge in [-0.15, -0.1) is 0 Å². The Morgan fingerprint density at radius 3 is 2.75 bits per heavy atom. The number of hydrogen-bond donors (Lipinski definition) is 2. The maximum Gasteiger partial charge on any atom is 0.155 e. The van der Waals surface area contributed by atoms with Gasteiger partial charge in [-0.05, 0) is 24.6 Å². The highest BCUT2D eigenvalue weighted by molar-refractivity contribution is 7.21. The van der Waals surface area contributed by atoms with Crippen molar-refractivity contribution >= 4 is 38.5 Å². The second-order valence-corrected chi connectivity index (χ2v) is 8.73. The molecule has 0 fully saturated rings. The van der Waals surface area contributed by atoms with Crippen LogP contribution >= 0.6 is 11.3 Å². The maximum absolute atomic E-state index is 13.9. The Hall–Kier alpha value is -3.36. The number of hydrogen-bond acceptors (Lipinski definition) is 6. The van der Waals surface area contributed by atoms with Gasteiger partial charge in [0.2, 0.25) is 0 Å². The molecule has 162 valence electrons. The summed E-state index contributed by atoms with van der Waals surface area (Å²) in [5.74, 6) is 0.563. The SMILES string of the molecule is CNc1nc2sc(-c3cccc(C(C)NCc4ccccc4F)c3)nc2c2c1ncn2C. The Labute approximate surface area is 189 Å². The fraction of sp³-hybridized carbons (Fsp3) is 0.208. The first-order chi connectivity index (χ1) is 15.5. The number of rotatable bonds is 6. The quantitative estimate of drug-likeness (QED) is 0.372. The molecule has 1 atom stereocenters. The molecule has 1 unspecified atom stereocenters. The maximum atomic E-state index is 13.9. The first-order valence-corrected chi connectivity index (χ1v) is 11.2. The van der Waals surface area contributed by atoms with Gasteiger partial charge in [-0.1, -0.05) is 47.7 Å². The normalized spacial score (nSPS) is 12.5. The number of halogens is 1. The molecule has 32 heavy (non-hydrogen) atoms. The number of nitrogens with zero attached hydrogens (tertiary/aromatic N) is 4. The molecule has 6 nitrogen and oxygen atoms in total. The minimum absolute atomic E-state index is 0.0572. The lowest BCUT2D eigenvalue weighted by Crippen LogP contribution is -2.18. The zero-order valence-corrected chi connectivity index (χ0v) is 18.9. The molecule has 2 aromatic carbocycles. The van der Waals surface area contributed by atoms with E-state index in [0.29, 0.717) is 12.1 Å². The van der Waals surface area contributed by atoms with Crippen LogP contribution in [0.4, 0.5) is 10.2 Å². The average molecular weight is 447 g/mol. The number of nitrogens with one attached hydrogen (secondary N) is 2. The Morgan fingerprint density at radius 1 is 1.09 bits per heavy atom. The van der Waals surface area contributed by atoms with E-state index < -0.39 is 0 Å². The predicted octanol–water partition coefficient (Wildman–Crippen LogP) is 5.28. The number of thiazole rings is 1. The van der Waals surface area contributed by atoms with E-state index in [1.807, 2.05) is 30.8 Å². The van der Waals surface area contributed by atoms with Crippen LogP contribution in [-0.2, 0) is 13.6 Å². The number of fused-ring (bicyclic) bond motifs is 3. The second-order valence-electron chi connectivity index (χ2n) is 7.76. The van der Waals surface area contributed by atoms with Crippen LogP contribution < -0.4 is 10.6 Å². The average Bonchev–Trinajstić information content (AvgIpc) is 3.41. The number of pyridine rings is 1. The standard InChI is InChI=1S/C24H23FN6S/c1-14(27-12-17-7-4-5-10-18(17)25)15-8-6-9-16(11-15)23-29-20-21-19(28-13-31(21)3)22(26-2)30-24(20)32-23/h4-11,13-14,27H,12H2,1-3H3,(H,26,30). The molecule has 0 spiro atoms. The highest BCUT2D eigenvalue weighted by Crippen LogP contribution is 2.35. The van der Waals surface area contributed by atoms with Gasteiger partial charge in [-0.25, -0.2) is 19.3 Å². The van der Waals surface area contributed by atoms with E-state index in [9.17, 15) is 4.39 Å². The van der Waals surface area contributed by atoms with Crippen molar-refractivity contribution in [2.45, 2.75) is 19.5 Å². The van der Waals surface area contributed by atoms with Crippen LogP contribution in [0.2, 0.25) is 0 Å². The second kappa shape index (κ2) is 8.29. The molecular formula is C24H23FN6S. The molecule has 8 heteroatoms. The van der Waals surface area contributed by atoms with E-state index in [-0.39, 0.29) is 11.9 Å². The zero-order valence-electron chi connectivity index (χ0n) is 18.1. The van der Waals surface area contributed by atoms with E-state index in [4.69, 9.17) is 9.97 Å². The van der Waals surface area contributed by atoms with Crippen LogP contribution in [0, 0.1) is 5.82 Å². The van der Waals surface area contributed by atoms with E-state index in [2.05, 4.69) is 40.7 Å². The molecule has 0 aliphatic heterocycles. The van der Waals surface area contributed by atoms with Crippen molar-refractivity contribution in [2.75, 3.05) is 12.4 Å². The van der Waals surface area contributed by atoms with Crippen molar-refractivity contribution in [1.29, 1.82) is 0 Å². The lowest BCUT2D eigenvalue weighted by atomic mass is 10.0. The molecule has 0 saturated heterocycles. The van der Waals surface area contributed by atoms with Gasteiger partial charge in [0.05, 0.1) is 6.33 Å². The van der Waals surface area contributed by atoms with Gasteiger partial charge in [-0.2, -0.15) is 0 Å². The van der Waals surface area contributed by atoms with Crippen LogP contribution in [0.5, 0.6) is 0 Å². The van der Waals surface area contributed by atoms with E-state index in [1.165, 1.54) is 6.07 Å². The van der Waals surface area contributed by atoms with Gasteiger partial charge in [0.15, 0.2) is 5.82 Å². The highest BCUT2D eigenvalue weighted by atomic mass is 32.1. The molecule has 0 bridgehead atoms. The van der Waals surface area contributed by atoms with Crippen molar-refractivity contribution in [3.05, 3.63) is 71.8 Å². The highest BCUT2D eigenvalue weighted by Gasteiger charge is 2.17. The third-order valence-electron chi connectivity index (χ3n) is 5.64. The summed E-state index contributed by atoms with van der Waals surface area (Å²) in [5.41, 5.74) is 5.46. The third-order valence-corrected chi connectivity index (χ3v) is 6.63. The van der Waals surface area contributed by atoms with Crippen molar-refractivity contribution in [3.8, 4) is 10.6 Å². The minimum Gasteiger partial charge on any atom is -0.371 e. The van der Waals surface area contributed by atoms with Crippen LogP contribution in [0.1, 0.15) is 24.1 Å². The molecule has 3 heterocycles. The van der Waals surface area contributed by atoms with E-state index in [0.717, 1.165) is 43.3 Å². The Balaban J connectivity index is 1.47. The summed E-state index contributed by atoms with van der Waals surface area (Å²) in [4.78, 5) is 15.0. The smallest absolute Gasteiger partial charge is 0.155 e. The summed E-state index contributed by atoms with van der Waals surface area (Å²) in [6.45, 7) is 2.55. The molecule has 2 N–H and O–H groups in total. The zero-order chi connectivity index (χ0) is 22.2. The first kappa shape index (κ1) is 20.5. The van der Waals surface area contributed by atoms with Gasteiger partial charge in [0.1, 0.15) is 32.2 Å². The molecule has 3 aromatic heterocycles. The van der Waals surface area contributed by atoms with Gasteiger partial charge in [-0.3, -0.25) is 0 Å². The molecule has 0 aliphatic rings. The summed E-state index contributed by atoms with van der Waals surface area (Å²) in [5, 5.41) is 7.46. The van der Waals surface area contributed by atoms with Gasteiger partial charge < -0.3 is 15.2 Å². The van der Waals surface area contributed by atoms with Crippen molar-refractivity contribution in [2.24, 2.45) is 7.05 Å². The molecule has 5 aromatic rings. The summed E-state index contributed by atoms with van der Waals surface area (Å²) >= 11 is 1.57. The number of imidazole rings is 1. The minimum atomic E-state index is -0.189. The number of anilines is 1. The van der Waals surface area contributed by atoms with Crippen LogP contribution in [-0.4, -0.2) is 26.6 Å². The summed E-state index contributed by atoms with van der Waals surface area (Å²) in [6.07, 6.45) is 1.79. The van der Waals surface area contributed by atoms with Crippen molar-refractivity contribution in [3.63, 3.8) is 0 Å². The van der Waals surface area contributed by atoms with Crippen molar-refractivity contribution < 1.29 is 4.39 Å². The molecular weight excluding hydrogens is 423 g/mol. The lowest BCUT2D eigenvalue weighted by molar-refractivity contribution is 0.544. The van der Waals surface area contributed by atoms with Crippen LogP contribution in [0.3, 0.4) is 0 Å². The molecule has 0 saturated carbocycles. The number of aryl methyl sites for hydroxylation is 1. The summed E-state index contributed by atoms with van der Waals surface area (Å²) in [7, 11) is 3.82. The van der Waals surface area contributed by atoms with Crippen molar-refractivity contribution in [1.82, 2.24) is 24.8 Å². The fourth-order valence-corrected chi connectivity index (χ4v) is 4.78. The largest absolute Gasteiger partial charge is 0.371 e. The summed E-state index contributed by atoms with van der Waals surface area (Å²) in [6, 6.07) is 15.2. The van der Waals surface area contributed by atoms with E-state index in [1.54, 1.807) is 29.8 Å². The molecule has 5 rings (SSSR count). The van der Waals surface area contributed by atoms with Gasteiger partial charge >= 0.3 is 0 Å². The lowest BCUT2D eigenvalue weighted by Gasteiger charge is -2.15. The van der Waals surface area contributed by atoms with Gasteiger partial charge in [0.25, 0.3) is 0 Å². The topological polar surface area (TPSA) is 67.7 Å². The Bertz CT molecular complexity index is 1420. The Kier molecular flexibility index (Phi) is 5.32. The van der Waals surface area contributed by atoms with Gasteiger partial charge in [0, 0.05) is 37.8 Å². The number of benzene rings is 2. The molecule has 0 amide bonds. The third kappa shape index (κ3) is 3.61. The molecule has 0 radical (unpaired) electrons. The number of aromatic nitrogens is 4. The Morgan fingerprint density at radius 2 is 1.94 bits per heavy atom. The predicted molar refractivity (Wildman–Crippen MR) is 128 cm³/mol. The first-order valence-electron chi connectivity index (χ1n) is 10.4. The van der Waals surface area contributed by atoms with Crippen LogP contribution in [0.25, 0.3) is 32.0 Å².